The van der Waals surface area contributed by atoms with E-state index in [-0.39, 0.29) is 5.65 Å². The third-order valence-electron chi connectivity index (χ3n) is 4.83. The van der Waals surface area contributed by atoms with E-state index in [4.69, 9.17) is 0 Å². The lowest BCUT2D eigenvalue weighted by Gasteiger charge is -2.18. The summed E-state index contributed by atoms with van der Waals surface area (Å²) in [4.78, 5) is 35.6. The molecule has 0 bridgehead atoms. The van der Waals surface area contributed by atoms with Gasteiger partial charge in [-0.1, -0.05) is 6.07 Å². The molecular weight excluding hydrogens is 388 g/mol. The smallest absolute Gasteiger partial charge is 0.337 e. The average molecular weight is 406 g/mol. The first-order valence-corrected chi connectivity index (χ1v) is 10.5. The normalized spacial score (nSPS) is 13.3. The van der Waals surface area contributed by atoms with Gasteiger partial charge in [0.1, 0.15) is 6.26 Å². The summed E-state index contributed by atoms with van der Waals surface area (Å²) in [5.74, 6) is 0. The number of rotatable bonds is 4. The Morgan fingerprint density at radius 3 is 2.41 bits per heavy atom. The molecule has 29 heavy (non-hydrogen) atoms. The van der Waals surface area contributed by atoms with Gasteiger partial charge in [0.15, 0.2) is 10.5 Å². The van der Waals surface area contributed by atoms with Crippen LogP contribution in [0.4, 0.5) is 0 Å². The fourth-order valence-electron chi connectivity index (χ4n) is 3.29. The molecule has 0 fully saturated rings. The molecule has 2 unspecified atom stereocenters. The molecule has 0 aliphatic carbocycles. The van der Waals surface area contributed by atoms with Crippen molar-refractivity contribution in [2.24, 2.45) is 0 Å². The lowest BCUT2D eigenvalue weighted by molar-refractivity contribution is 0.570. The second-order valence-corrected chi connectivity index (χ2v) is 7.96. The van der Waals surface area contributed by atoms with E-state index in [1.54, 1.807) is 74.2 Å². The molecular formula is C21H18N4O3S. The summed E-state index contributed by atoms with van der Waals surface area (Å²) in [6.07, 6.45) is 6.41. The lowest BCUT2D eigenvalue weighted by atomic mass is 10.1. The maximum absolute atomic E-state index is 13.4. The molecule has 0 aliphatic rings. The van der Waals surface area contributed by atoms with E-state index in [0.29, 0.717) is 16.0 Å². The number of hydrogen-bond donors (Lipinski definition) is 0. The van der Waals surface area contributed by atoms with Crippen LogP contribution in [0.15, 0.2) is 81.6 Å². The van der Waals surface area contributed by atoms with Crippen LogP contribution in [0.2, 0.25) is 0 Å². The van der Waals surface area contributed by atoms with Crippen LogP contribution in [0.3, 0.4) is 0 Å². The van der Waals surface area contributed by atoms with Gasteiger partial charge in [-0.25, -0.2) is 14.3 Å². The van der Waals surface area contributed by atoms with Crippen molar-refractivity contribution in [2.45, 2.75) is 17.9 Å². The van der Waals surface area contributed by atoms with E-state index >= 15 is 0 Å². The molecule has 0 aliphatic heterocycles. The predicted molar refractivity (Wildman–Crippen MR) is 112 cm³/mol. The van der Waals surface area contributed by atoms with Crippen LogP contribution in [0.25, 0.3) is 16.7 Å². The molecule has 4 rings (SSSR count). The van der Waals surface area contributed by atoms with Crippen molar-refractivity contribution in [3.63, 3.8) is 0 Å². The zero-order valence-electron chi connectivity index (χ0n) is 15.9. The first-order valence-electron chi connectivity index (χ1n) is 8.95. The van der Waals surface area contributed by atoms with Gasteiger partial charge in [-0.05, 0) is 66.1 Å². The molecule has 3 heterocycles. The summed E-state index contributed by atoms with van der Waals surface area (Å²) < 4.78 is 14.3. The van der Waals surface area contributed by atoms with E-state index < -0.39 is 28.5 Å². The van der Waals surface area contributed by atoms with Crippen LogP contribution in [-0.2, 0) is 11.2 Å². The topological polar surface area (TPSA) is 92.8 Å². The Balaban J connectivity index is 2.02. The summed E-state index contributed by atoms with van der Waals surface area (Å²) in [5, 5.41) is 0.339. The molecule has 0 spiro atoms. The minimum Gasteiger partial charge on any atom is -0.612 e. The molecule has 0 saturated carbocycles. The Hall–Kier alpha value is -3.23. The minimum atomic E-state index is -1.13. The van der Waals surface area contributed by atoms with Gasteiger partial charge in [-0.2, -0.15) is 0 Å². The van der Waals surface area contributed by atoms with Crippen molar-refractivity contribution >= 4 is 22.2 Å². The molecule has 0 saturated heterocycles. The van der Waals surface area contributed by atoms with E-state index in [2.05, 4.69) is 9.97 Å². The fourth-order valence-corrected chi connectivity index (χ4v) is 3.81. The molecule has 0 N–H and O–H groups in total. The molecule has 2 atom stereocenters. The Bertz CT molecular complexity index is 1280. The van der Waals surface area contributed by atoms with E-state index in [1.807, 2.05) is 6.07 Å². The second-order valence-electron chi connectivity index (χ2n) is 6.58. The third kappa shape index (κ3) is 3.37. The highest BCUT2D eigenvalue weighted by atomic mass is 32.2. The second kappa shape index (κ2) is 7.65. The molecule has 8 heteroatoms. The zero-order valence-corrected chi connectivity index (χ0v) is 16.7. The number of hydrogen-bond acceptors (Lipinski definition) is 5. The number of aromatic nitrogens is 4. The minimum absolute atomic E-state index is 0.280. The lowest BCUT2D eigenvalue weighted by Crippen LogP contribution is -2.41. The molecule has 146 valence electrons. The van der Waals surface area contributed by atoms with Crippen LogP contribution in [0.1, 0.15) is 18.5 Å². The van der Waals surface area contributed by atoms with Gasteiger partial charge in [0.25, 0.3) is 5.56 Å². The van der Waals surface area contributed by atoms with Crippen LogP contribution in [0.5, 0.6) is 0 Å². The number of nitrogens with zero attached hydrogens (tertiary/aromatic N) is 4. The summed E-state index contributed by atoms with van der Waals surface area (Å²) in [5.41, 5.74) is 0.667. The van der Waals surface area contributed by atoms with Crippen LogP contribution >= 0.6 is 0 Å². The first-order chi connectivity index (χ1) is 14.0. The van der Waals surface area contributed by atoms with Crippen molar-refractivity contribution in [1.29, 1.82) is 0 Å². The van der Waals surface area contributed by atoms with Gasteiger partial charge in [0.2, 0.25) is 0 Å². The van der Waals surface area contributed by atoms with Gasteiger partial charge >= 0.3 is 5.69 Å². The predicted octanol–water partition coefficient (Wildman–Crippen LogP) is 2.29. The Labute approximate surface area is 169 Å². The van der Waals surface area contributed by atoms with E-state index in [1.165, 1.54) is 9.13 Å². The van der Waals surface area contributed by atoms with Crippen molar-refractivity contribution in [1.82, 2.24) is 19.1 Å². The molecule has 7 nitrogen and oxygen atoms in total. The third-order valence-corrected chi connectivity index (χ3v) is 5.76. The summed E-state index contributed by atoms with van der Waals surface area (Å²) in [6.45, 7) is 1.79. The van der Waals surface area contributed by atoms with Gasteiger partial charge in [-0.15, -0.1) is 0 Å². The van der Waals surface area contributed by atoms with E-state index in [9.17, 15) is 14.1 Å². The number of fused-ring (bicyclic) bond motifs is 1. The van der Waals surface area contributed by atoms with E-state index in [0.717, 1.165) is 5.56 Å². The Kier molecular flexibility index (Phi) is 5.04. The van der Waals surface area contributed by atoms with Crippen molar-refractivity contribution in [3.8, 4) is 5.69 Å². The van der Waals surface area contributed by atoms with Crippen LogP contribution in [0, 0.1) is 0 Å². The zero-order chi connectivity index (χ0) is 20.5. The SMILES string of the molecule is CC(c1cccnc1)n1c(=O)c2cccnc2n(-c2ccc([S+](C)[O-])cc2)c1=O. The maximum Gasteiger partial charge on any atom is 0.337 e. The number of benzene rings is 1. The van der Waals surface area contributed by atoms with Crippen molar-refractivity contribution < 1.29 is 4.55 Å². The highest BCUT2D eigenvalue weighted by Crippen LogP contribution is 2.18. The molecule has 4 aromatic rings. The summed E-state index contributed by atoms with van der Waals surface area (Å²) in [7, 11) is 0. The first kappa shape index (κ1) is 19.1. The van der Waals surface area contributed by atoms with Gasteiger partial charge in [0.05, 0.1) is 17.1 Å². The average Bonchev–Trinajstić information content (AvgIpc) is 2.75. The summed E-state index contributed by atoms with van der Waals surface area (Å²) in [6, 6.07) is 13.2. The standard InChI is InChI=1S/C21H18N4O3S/c1-14(15-5-3-11-22-13-15)24-20(26)18-6-4-12-23-19(18)25(21(24)27)16-7-9-17(10-8-16)29(2)28/h3-14H,1-2H3. The molecule has 0 radical (unpaired) electrons. The van der Waals surface area contributed by atoms with Gasteiger partial charge < -0.3 is 4.55 Å². The molecule has 1 aromatic carbocycles. The highest BCUT2D eigenvalue weighted by molar-refractivity contribution is 7.90. The van der Waals surface area contributed by atoms with Crippen LogP contribution < -0.4 is 11.2 Å². The van der Waals surface area contributed by atoms with Crippen LogP contribution in [-0.4, -0.2) is 29.9 Å². The summed E-state index contributed by atoms with van der Waals surface area (Å²) >= 11 is -1.13. The Morgan fingerprint density at radius 1 is 1.03 bits per heavy atom. The number of pyridine rings is 2. The highest BCUT2D eigenvalue weighted by Gasteiger charge is 2.20. The largest absolute Gasteiger partial charge is 0.612 e. The molecule has 3 aromatic heterocycles. The van der Waals surface area contributed by atoms with Crippen molar-refractivity contribution in [2.75, 3.05) is 6.26 Å². The monoisotopic (exact) mass is 406 g/mol. The van der Waals surface area contributed by atoms with Crippen molar-refractivity contribution in [3.05, 3.63) is 93.5 Å². The van der Waals surface area contributed by atoms with Gasteiger partial charge in [-0.3, -0.25) is 14.3 Å². The fraction of sp³-hybridized carbons (Fsp3) is 0.143. The quantitative estimate of drug-likeness (QED) is 0.485. The Morgan fingerprint density at radius 2 is 1.76 bits per heavy atom. The molecule has 0 amide bonds. The van der Waals surface area contributed by atoms with Gasteiger partial charge in [0, 0.05) is 18.6 Å². The maximum atomic E-state index is 13.4.